The van der Waals surface area contributed by atoms with Crippen LogP contribution in [-0.2, 0) is 10.2 Å². The Bertz CT molecular complexity index is 1110. The lowest BCUT2D eigenvalue weighted by Gasteiger charge is -2.19. The van der Waals surface area contributed by atoms with E-state index in [0.717, 1.165) is 28.5 Å². The summed E-state index contributed by atoms with van der Waals surface area (Å²) < 4.78 is 5.77. The highest BCUT2D eigenvalue weighted by atomic mass is 16.5. The molecule has 1 aliphatic rings. The second kappa shape index (κ2) is 8.54. The number of hydrogen-bond acceptors (Lipinski definition) is 3. The average molecular weight is 415 g/mol. The number of rotatable bonds is 6. The van der Waals surface area contributed by atoms with Gasteiger partial charge in [0.15, 0.2) is 0 Å². The third kappa shape index (κ3) is 4.63. The van der Waals surface area contributed by atoms with E-state index in [4.69, 9.17) is 4.74 Å². The van der Waals surface area contributed by atoms with Gasteiger partial charge < -0.3 is 4.74 Å². The van der Waals surface area contributed by atoms with Gasteiger partial charge in [0, 0.05) is 11.5 Å². The first-order chi connectivity index (χ1) is 14.9. The Hall–Kier alpha value is -3.14. The standard InChI is InChI=1S/C27H30N2O2/c1-5-31-25-15-12-18-8-6-7-9-21(18)24(25)17-28-29-26(30)23-16-22(23)19-10-13-20(14-11-19)27(2,3)4/h6-15,17,22-23H,5,16H2,1-4H3,(H,29,30)/b28-17+/t22-,23+/m0/s1. The molecule has 31 heavy (non-hydrogen) atoms. The molecule has 0 heterocycles. The minimum absolute atomic E-state index is 0.0171. The fourth-order valence-electron chi connectivity index (χ4n) is 4.02. The third-order valence-corrected chi connectivity index (χ3v) is 5.93. The van der Waals surface area contributed by atoms with Gasteiger partial charge in [0.05, 0.1) is 12.8 Å². The van der Waals surface area contributed by atoms with Crippen LogP contribution in [0.25, 0.3) is 10.8 Å². The normalized spacial score (nSPS) is 18.3. The Morgan fingerprint density at radius 2 is 1.84 bits per heavy atom. The lowest BCUT2D eigenvalue weighted by Crippen LogP contribution is -2.20. The number of nitrogens with zero attached hydrogens (tertiary/aromatic N) is 1. The van der Waals surface area contributed by atoms with Crippen molar-refractivity contribution in [2.75, 3.05) is 6.61 Å². The van der Waals surface area contributed by atoms with E-state index in [1.165, 1.54) is 11.1 Å². The first-order valence-electron chi connectivity index (χ1n) is 11.0. The molecule has 4 nitrogen and oxygen atoms in total. The maximum atomic E-state index is 12.6. The molecule has 0 unspecified atom stereocenters. The SMILES string of the molecule is CCOc1ccc2ccccc2c1/C=N/NC(=O)[C@@H]1C[C@H]1c1ccc(C(C)(C)C)cc1. The largest absolute Gasteiger partial charge is 0.493 e. The number of amides is 1. The summed E-state index contributed by atoms with van der Waals surface area (Å²) in [5.74, 6) is 0.999. The number of nitrogens with one attached hydrogen (secondary N) is 1. The van der Waals surface area contributed by atoms with Crippen LogP contribution in [0.2, 0.25) is 0 Å². The number of fused-ring (bicyclic) bond motifs is 1. The minimum atomic E-state index is -0.0284. The van der Waals surface area contributed by atoms with E-state index in [1.54, 1.807) is 6.21 Å². The van der Waals surface area contributed by atoms with Gasteiger partial charge in [-0.25, -0.2) is 5.43 Å². The number of hydrazone groups is 1. The molecule has 0 saturated heterocycles. The predicted molar refractivity (Wildman–Crippen MR) is 127 cm³/mol. The Morgan fingerprint density at radius 3 is 2.55 bits per heavy atom. The quantitative estimate of drug-likeness (QED) is 0.410. The molecule has 160 valence electrons. The maximum absolute atomic E-state index is 12.6. The van der Waals surface area contributed by atoms with E-state index in [9.17, 15) is 4.79 Å². The zero-order valence-electron chi connectivity index (χ0n) is 18.7. The zero-order valence-corrected chi connectivity index (χ0v) is 18.7. The summed E-state index contributed by atoms with van der Waals surface area (Å²) in [5, 5.41) is 6.43. The van der Waals surface area contributed by atoms with E-state index in [-0.39, 0.29) is 23.2 Å². The molecule has 4 heteroatoms. The van der Waals surface area contributed by atoms with Gasteiger partial charge in [-0.15, -0.1) is 0 Å². The van der Waals surface area contributed by atoms with Gasteiger partial charge in [0.1, 0.15) is 5.75 Å². The van der Waals surface area contributed by atoms with E-state index < -0.39 is 0 Å². The van der Waals surface area contributed by atoms with Gasteiger partial charge in [-0.3, -0.25) is 4.79 Å². The number of carbonyl (C=O) groups excluding carboxylic acids is 1. The smallest absolute Gasteiger partial charge is 0.243 e. The first-order valence-corrected chi connectivity index (χ1v) is 11.0. The van der Waals surface area contributed by atoms with E-state index in [2.05, 4.69) is 61.6 Å². The molecule has 3 aromatic rings. The molecule has 1 N–H and O–H groups in total. The van der Waals surface area contributed by atoms with Gasteiger partial charge in [-0.1, -0.05) is 75.4 Å². The highest BCUT2D eigenvalue weighted by Crippen LogP contribution is 2.47. The van der Waals surface area contributed by atoms with Crippen molar-refractivity contribution in [2.45, 2.75) is 45.4 Å². The first kappa shape index (κ1) is 21.1. The number of hydrogen-bond donors (Lipinski definition) is 1. The molecule has 1 amide bonds. The summed E-state index contributed by atoms with van der Waals surface area (Å²) >= 11 is 0. The molecule has 0 radical (unpaired) electrons. The van der Waals surface area contributed by atoms with Crippen LogP contribution in [0, 0.1) is 5.92 Å². The molecule has 3 aromatic carbocycles. The van der Waals surface area contributed by atoms with Crippen LogP contribution < -0.4 is 10.2 Å². The summed E-state index contributed by atoms with van der Waals surface area (Å²) in [5.41, 5.74) is 6.29. The summed E-state index contributed by atoms with van der Waals surface area (Å²) in [4.78, 5) is 12.6. The molecule has 0 bridgehead atoms. The number of ether oxygens (including phenoxy) is 1. The van der Waals surface area contributed by atoms with Crippen LogP contribution in [0.15, 0.2) is 65.8 Å². The fourth-order valence-corrected chi connectivity index (χ4v) is 4.02. The lowest BCUT2D eigenvalue weighted by atomic mass is 9.86. The molecule has 0 aromatic heterocycles. The second-order valence-corrected chi connectivity index (χ2v) is 9.19. The topological polar surface area (TPSA) is 50.7 Å². The van der Waals surface area contributed by atoms with E-state index in [1.807, 2.05) is 37.3 Å². The Kier molecular flexibility index (Phi) is 5.81. The van der Waals surface area contributed by atoms with Crippen molar-refractivity contribution in [1.29, 1.82) is 0 Å². The number of benzene rings is 3. The van der Waals surface area contributed by atoms with Crippen molar-refractivity contribution in [2.24, 2.45) is 11.0 Å². The second-order valence-electron chi connectivity index (χ2n) is 9.19. The van der Waals surface area contributed by atoms with Gasteiger partial charge in [0.25, 0.3) is 0 Å². The van der Waals surface area contributed by atoms with E-state index >= 15 is 0 Å². The summed E-state index contributed by atoms with van der Waals surface area (Å²) in [6.07, 6.45) is 2.56. The Labute approximate surface area is 184 Å². The number of carbonyl (C=O) groups is 1. The summed E-state index contributed by atoms with van der Waals surface area (Å²) in [6, 6.07) is 20.8. The van der Waals surface area contributed by atoms with E-state index in [0.29, 0.717) is 6.61 Å². The average Bonchev–Trinajstić information content (AvgIpc) is 3.56. The van der Waals surface area contributed by atoms with Gasteiger partial charge in [-0.2, -0.15) is 5.10 Å². The molecule has 1 saturated carbocycles. The van der Waals surface area contributed by atoms with Gasteiger partial charge in [0.2, 0.25) is 5.91 Å². The summed E-state index contributed by atoms with van der Waals surface area (Å²) in [6.45, 7) is 9.16. The van der Waals surface area contributed by atoms with Crippen LogP contribution in [0.5, 0.6) is 5.75 Å². The molecular weight excluding hydrogens is 384 g/mol. The van der Waals surface area contributed by atoms with Crippen LogP contribution in [0.1, 0.15) is 56.7 Å². The maximum Gasteiger partial charge on any atom is 0.243 e. The van der Waals surface area contributed by atoms with Crippen LogP contribution in [0.4, 0.5) is 0 Å². The molecule has 2 atom stereocenters. The Balaban J connectivity index is 1.44. The molecule has 4 rings (SSSR count). The fraction of sp³-hybridized carbons (Fsp3) is 0.333. The van der Waals surface area contributed by atoms with Crippen molar-refractivity contribution in [3.05, 3.63) is 77.4 Å². The predicted octanol–water partition coefficient (Wildman–Crippen LogP) is 5.79. The van der Waals surface area contributed by atoms with Crippen LogP contribution in [-0.4, -0.2) is 18.7 Å². The third-order valence-electron chi connectivity index (χ3n) is 5.93. The Morgan fingerprint density at radius 1 is 1.10 bits per heavy atom. The molecule has 0 aliphatic heterocycles. The van der Waals surface area contributed by atoms with Crippen LogP contribution >= 0.6 is 0 Å². The van der Waals surface area contributed by atoms with Crippen molar-refractivity contribution in [3.8, 4) is 5.75 Å². The highest BCUT2D eigenvalue weighted by molar-refractivity contribution is 6.02. The molecular formula is C27H30N2O2. The zero-order chi connectivity index (χ0) is 22.0. The monoisotopic (exact) mass is 414 g/mol. The van der Waals surface area contributed by atoms with Gasteiger partial charge >= 0.3 is 0 Å². The minimum Gasteiger partial charge on any atom is -0.493 e. The van der Waals surface area contributed by atoms with Crippen molar-refractivity contribution < 1.29 is 9.53 Å². The van der Waals surface area contributed by atoms with Crippen molar-refractivity contribution in [3.63, 3.8) is 0 Å². The van der Waals surface area contributed by atoms with Crippen molar-refractivity contribution in [1.82, 2.24) is 5.43 Å². The van der Waals surface area contributed by atoms with Crippen LogP contribution in [0.3, 0.4) is 0 Å². The molecule has 1 aliphatic carbocycles. The summed E-state index contributed by atoms with van der Waals surface area (Å²) in [7, 11) is 0. The van der Waals surface area contributed by atoms with Gasteiger partial charge in [-0.05, 0) is 52.6 Å². The van der Waals surface area contributed by atoms with Crippen molar-refractivity contribution >= 4 is 22.9 Å². The lowest BCUT2D eigenvalue weighted by molar-refractivity contribution is -0.122. The molecule has 0 spiro atoms. The molecule has 1 fully saturated rings. The highest BCUT2D eigenvalue weighted by Gasteiger charge is 2.44.